The lowest BCUT2D eigenvalue weighted by molar-refractivity contribution is -0.727. The van der Waals surface area contributed by atoms with Crippen LogP contribution in [0, 0.1) is 0 Å². The second-order valence-electron chi connectivity index (χ2n) is 13.6. The molecule has 0 aliphatic carbocycles. The van der Waals surface area contributed by atoms with E-state index in [1.165, 1.54) is 198 Å². The summed E-state index contributed by atoms with van der Waals surface area (Å²) in [6.07, 6.45) is 47.3. The summed E-state index contributed by atoms with van der Waals surface area (Å²) < 4.78 is 2.61. The van der Waals surface area contributed by atoms with E-state index < -0.39 is 0 Å². The van der Waals surface area contributed by atoms with Crippen LogP contribution in [0.3, 0.4) is 0 Å². The standard InChI is InChI=1S/C39H76N2/c1-5-8-11-13-15-17-18-19-20-21-22-23-24-26-28-31-34-38(33-30-27-25-16-14-12-9-6-2)39-40-35-36-41(39)37(4)32-29-10-7-3/h35-38H,5-34H2,1-4H3/p+1. The van der Waals surface area contributed by atoms with Gasteiger partial charge in [-0.2, -0.15) is 0 Å². The first-order chi connectivity index (χ1) is 20.2. The molecular weight excluding hydrogens is 496 g/mol. The topological polar surface area (TPSA) is 19.7 Å². The van der Waals surface area contributed by atoms with Gasteiger partial charge in [-0.3, -0.25) is 0 Å². The Morgan fingerprint density at radius 3 is 1.17 bits per heavy atom. The van der Waals surface area contributed by atoms with Crippen LogP contribution in [0.15, 0.2) is 12.4 Å². The summed E-state index contributed by atoms with van der Waals surface area (Å²) in [7, 11) is 0. The number of imidazole rings is 1. The largest absolute Gasteiger partial charge is 0.257 e. The van der Waals surface area contributed by atoms with Gasteiger partial charge in [0, 0.05) is 0 Å². The van der Waals surface area contributed by atoms with E-state index in [1.807, 2.05) is 0 Å². The van der Waals surface area contributed by atoms with Crippen molar-refractivity contribution in [1.82, 2.24) is 4.98 Å². The summed E-state index contributed by atoms with van der Waals surface area (Å²) in [5, 5.41) is 0. The molecule has 2 unspecified atom stereocenters. The number of aromatic nitrogens is 2. The Bertz CT molecular complexity index is 635. The van der Waals surface area contributed by atoms with Crippen molar-refractivity contribution in [3.63, 3.8) is 0 Å². The summed E-state index contributed by atoms with van der Waals surface area (Å²) in [5.41, 5.74) is 0. The molecule has 2 atom stereocenters. The first-order valence-corrected chi connectivity index (χ1v) is 19.3. The second-order valence-corrected chi connectivity index (χ2v) is 13.6. The van der Waals surface area contributed by atoms with Gasteiger partial charge in [-0.1, -0.05) is 188 Å². The first-order valence-electron chi connectivity index (χ1n) is 19.3. The molecule has 1 heterocycles. The summed E-state index contributed by atoms with van der Waals surface area (Å²) in [5.74, 6) is 2.24. The monoisotopic (exact) mass is 574 g/mol. The quantitative estimate of drug-likeness (QED) is 0.0653. The molecule has 1 aromatic heterocycles. The minimum Gasteiger partial charge on any atom is -0.247 e. The zero-order valence-electron chi connectivity index (χ0n) is 29.0. The summed E-state index contributed by atoms with van der Waals surface area (Å²) in [6.45, 7) is 9.38. The average molecular weight is 574 g/mol. The summed E-state index contributed by atoms with van der Waals surface area (Å²) in [6, 6.07) is 0.620. The maximum absolute atomic E-state index is 3.72. The van der Waals surface area contributed by atoms with Gasteiger partial charge in [0.15, 0.2) is 0 Å². The van der Waals surface area contributed by atoms with Gasteiger partial charge >= 0.3 is 0 Å². The smallest absolute Gasteiger partial charge is 0.247 e. The fourth-order valence-corrected chi connectivity index (χ4v) is 6.78. The Labute approximate surface area is 259 Å². The van der Waals surface area contributed by atoms with E-state index in [2.05, 4.69) is 49.6 Å². The van der Waals surface area contributed by atoms with E-state index >= 15 is 0 Å². The highest BCUT2D eigenvalue weighted by molar-refractivity contribution is 4.90. The fourth-order valence-electron chi connectivity index (χ4n) is 6.78. The molecule has 0 bridgehead atoms. The van der Waals surface area contributed by atoms with Crippen LogP contribution in [-0.2, 0) is 0 Å². The maximum Gasteiger partial charge on any atom is 0.257 e. The lowest BCUT2D eigenvalue weighted by Gasteiger charge is -2.17. The molecule has 242 valence electrons. The first kappa shape index (κ1) is 38.2. The molecule has 1 aromatic rings. The van der Waals surface area contributed by atoms with E-state index in [0.29, 0.717) is 12.0 Å². The second kappa shape index (κ2) is 29.3. The van der Waals surface area contributed by atoms with E-state index in [9.17, 15) is 0 Å². The van der Waals surface area contributed by atoms with Gasteiger partial charge in [-0.05, 0) is 32.6 Å². The molecule has 2 heteroatoms. The highest BCUT2D eigenvalue weighted by atomic mass is 15.1. The van der Waals surface area contributed by atoms with Crippen LogP contribution in [0.4, 0.5) is 0 Å². The molecule has 41 heavy (non-hydrogen) atoms. The SMILES string of the molecule is CCCCCCCCCCCCCCCCCCC(CCCCCCCCCC)c1[nH]cc[n+]1C(C)CCCCC. The highest BCUT2D eigenvalue weighted by Crippen LogP contribution is 2.27. The Morgan fingerprint density at radius 1 is 0.463 bits per heavy atom. The number of H-pyrrole nitrogens is 1. The highest BCUT2D eigenvalue weighted by Gasteiger charge is 2.25. The Morgan fingerprint density at radius 2 is 0.780 bits per heavy atom. The molecular formula is C39H77N2+. The van der Waals surface area contributed by atoms with E-state index in [1.54, 1.807) is 0 Å². The van der Waals surface area contributed by atoms with Crippen molar-refractivity contribution in [2.45, 2.75) is 232 Å². The van der Waals surface area contributed by atoms with E-state index in [0.717, 1.165) is 0 Å². The van der Waals surface area contributed by atoms with Crippen molar-refractivity contribution < 1.29 is 4.57 Å². The predicted molar refractivity (Wildman–Crippen MR) is 184 cm³/mol. The number of hydrogen-bond acceptors (Lipinski definition) is 0. The van der Waals surface area contributed by atoms with Crippen molar-refractivity contribution in [3.05, 3.63) is 18.2 Å². The van der Waals surface area contributed by atoms with Crippen LogP contribution in [-0.4, -0.2) is 4.98 Å². The molecule has 0 saturated carbocycles. The lowest BCUT2D eigenvalue weighted by atomic mass is 9.92. The Kier molecular flexibility index (Phi) is 27.3. The van der Waals surface area contributed by atoms with Crippen LogP contribution >= 0.6 is 0 Å². The third kappa shape index (κ3) is 21.5. The molecule has 2 nitrogen and oxygen atoms in total. The lowest BCUT2D eigenvalue weighted by Crippen LogP contribution is -2.41. The van der Waals surface area contributed by atoms with Crippen LogP contribution in [0.2, 0.25) is 0 Å². The van der Waals surface area contributed by atoms with Gasteiger partial charge in [0.05, 0.1) is 12.0 Å². The zero-order valence-corrected chi connectivity index (χ0v) is 29.0. The number of unbranched alkanes of at least 4 members (excludes halogenated alkanes) is 24. The number of hydrogen-bond donors (Lipinski definition) is 1. The van der Waals surface area contributed by atoms with Crippen molar-refractivity contribution in [1.29, 1.82) is 0 Å². The van der Waals surface area contributed by atoms with Crippen molar-refractivity contribution in [2.24, 2.45) is 0 Å². The molecule has 1 rings (SSSR count). The number of nitrogens with one attached hydrogen (secondary N) is 1. The van der Waals surface area contributed by atoms with Gasteiger partial charge < -0.3 is 0 Å². The normalized spacial score (nSPS) is 13.2. The molecule has 1 N–H and O–H groups in total. The molecule has 0 spiro atoms. The molecule has 0 fully saturated rings. The van der Waals surface area contributed by atoms with E-state index in [4.69, 9.17) is 0 Å². The molecule has 0 aliphatic heterocycles. The summed E-state index contributed by atoms with van der Waals surface area (Å²) in [4.78, 5) is 3.72. The van der Waals surface area contributed by atoms with Gasteiger partial charge in [0.25, 0.3) is 5.82 Å². The third-order valence-corrected chi connectivity index (χ3v) is 9.64. The fraction of sp³-hybridized carbons (Fsp3) is 0.923. The zero-order chi connectivity index (χ0) is 29.6. The van der Waals surface area contributed by atoms with Gasteiger partial charge in [-0.15, -0.1) is 0 Å². The summed E-state index contributed by atoms with van der Waals surface area (Å²) >= 11 is 0. The Balaban J connectivity index is 2.28. The van der Waals surface area contributed by atoms with Gasteiger partial charge in [0.2, 0.25) is 0 Å². The molecule has 0 amide bonds. The van der Waals surface area contributed by atoms with Crippen LogP contribution in [0.25, 0.3) is 0 Å². The number of rotatable bonds is 32. The van der Waals surface area contributed by atoms with Crippen LogP contribution in [0.5, 0.6) is 0 Å². The number of nitrogens with zero attached hydrogens (tertiary/aromatic N) is 1. The minimum absolute atomic E-state index is 0.620. The molecule has 0 saturated heterocycles. The van der Waals surface area contributed by atoms with Crippen molar-refractivity contribution in [3.8, 4) is 0 Å². The molecule has 0 aromatic carbocycles. The minimum atomic E-state index is 0.620. The number of aromatic amines is 1. The van der Waals surface area contributed by atoms with Crippen molar-refractivity contribution >= 4 is 0 Å². The van der Waals surface area contributed by atoms with Gasteiger partial charge in [0.1, 0.15) is 12.4 Å². The predicted octanol–water partition coefficient (Wildman–Crippen LogP) is 13.7. The Hall–Kier alpha value is -0.790. The van der Waals surface area contributed by atoms with Crippen LogP contribution in [0.1, 0.15) is 238 Å². The third-order valence-electron chi connectivity index (χ3n) is 9.64. The van der Waals surface area contributed by atoms with Gasteiger partial charge in [-0.25, -0.2) is 9.55 Å². The molecule has 0 radical (unpaired) electrons. The average Bonchev–Trinajstić information content (AvgIpc) is 3.47. The van der Waals surface area contributed by atoms with Crippen LogP contribution < -0.4 is 4.57 Å². The maximum atomic E-state index is 3.72. The van der Waals surface area contributed by atoms with E-state index in [-0.39, 0.29) is 0 Å². The molecule has 0 aliphatic rings. The van der Waals surface area contributed by atoms with Crippen molar-refractivity contribution in [2.75, 3.05) is 0 Å².